The van der Waals surface area contributed by atoms with Gasteiger partial charge in [0.05, 0.1) is 0 Å². The minimum Gasteiger partial charge on any atom is -0.328 e. The van der Waals surface area contributed by atoms with Crippen molar-refractivity contribution in [1.29, 1.82) is 0 Å². The molecule has 1 aromatic rings. The molecule has 0 spiro atoms. The molecular weight excluding hydrogens is 142 g/mol. The Hall–Kier alpha value is -0.340. The van der Waals surface area contributed by atoms with E-state index in [0.29, 0.717) is 0 Å². The quantitative estimate of drug-likeness (QED) is 0.694. The van der Waals surface area contributed by atoms with Crippen LogP contribution >= 0.6 is 11.3 Å². The van der Waals surface area contributed by atoms with Gasteiger partial charge >= 0.3 is 0 Å². The Bertz CT molecular complexity index is 203. The maximum absolute atomic E-state index is 5.64. The number of hydrogen-bond donors (Lipinski definition) is 1. The largest absolute Gasteiger partial charge is 0.328 e. The zero-order chi connectivity index (χ0) is 7.56. The normalized spacial score (nSPS) is 13.5. The van der Waals surface area contributed by atoms with E-state index in [1.807, 2.05) is 6.92 Å². The Morgan fingerprint density at radius 3 is 2.80 bits per heavy atom. The molecule has 0 aliphatic heterocycles. The molecular formula is C8H13NS. The molecule has 0 aliphatic carbocycles. The molecule has 2 heteroatoms. The molecule has 1 heterocycles. The first-order chi connectivity index (χ1) is 4.68. The summed E-state index contributed by atoms with van der Waals surface area (Å²) in [5.74, 6) is 0. The molecule has 0 radical (unpaired) electrons. The summed E-state index contributed by atoms with van der Waals surface area (Å²) in [5, 5.41) is 2.16. The van der Waals surface area contributed by atoms with Crippen LogP contribution in [0, 0.1) is 6.92 Å². The van der Waals surface area contributed by atoms with Gasteiger partial charge < -0.3 is 5.73 Å². The highest BCUT2D eigenvalue weighted by molar-refractivity contribution is 7.10. The van der Waals surface area contributed by atoms with E-state index in [1.165, 1.54) is 10.4 Å². The average Bonchev–Trinajstić information content (AvgIpc) is 2.13. The van der Waals surface area contributed by atoms with Gasteiger partial charge in [0.15, 0.2) is 0 Å². The lowest BCUT2D eigenvalue weighted by Gasteiger charge is -1.99. The van der Waals surface area contributed by atoms with Crippen LogP contribution in [-0.2, 0) is 6.42 Å². The summed E-state index contributed by atoms with van der Waals surface area (Å²) in [5.41, 5.74) is 6.99. The predicted octanol–water partition coefficient (Wildman–Crippen LogP) is 1.95. The third-order valence-electron chi connectivity index (χ3n) is 1.31. The van der Waals surface area contributed by atoms with Crippen molar-refractivity contribution in [2.24, 2.45) is 5.73 Å². The van der Waals surface area contributed by atoms with E-state index in [-0.39, 0.29) is 6.04 Å². The lowest BCUT2D eigenvalue weighted by molar-refractivity contribution is 0.746. The molecule has 2 N–H and O–H groups in total. The Morgan fingerprint density at radius 2 is 2.40 bits per heavy atom. The van der Waals surface area contributed by atoms with Crippen molar-refractivity contribution in [2.45, 2.75) is 26.3 Å². The Balaban J connectivity index is 2.58. The van der Waals surface area contributed by atoms with Gasteiger partial charge in [-0.1, -0.05) is 0 Å². The summed E-state index contributed by atoms with van der Waals surface area (Å²) >= 11 is 1.80. The third-order valence-corrected chi connectivity index (χ3v) is 2.38. The van der Waals surface area contributed by atoms with Gasteiger partial charge in [0.1, 0.15) is 0 Å². The molecule has 1 nitrogen and oxygen atoms in total. The molecule has 0 fully saturated rings. The number of rotatable bonds is 2. The van der Waals surface area contributed by atoms with Gasteiger partial charge in [-0.25, -0.2) is 0 Å². The Labute approximate surface area is 65.9 Å². The van der Waals surface area contributed by atoms with E-state index in [9.17, 15) is 0 Å². The molecule has 1 atom stereocenters. The van der Waals surface area contributed by atoms with E-state index >= 15 is 0 Å². The van der Waals surface area contributed by atoms with Crippen molar-refractivity contribution in [3.05, 3.63) is 21.9 Å². The molecule has 1 unspecified atom stereocenters. The van der Waals surface area contributed by atoms with Crippen LogP contribution in [-0.4, -0.2) is 6.04 Å². The van der Waals surface area contributed by atoms with Crippen molar-refractivity contribution in [1.82, 2.24) is 0 Å². The maximum atomic E-state index is 5.64. The average molecular weight is 155 g/mol. The minimum atomic E-state index is 0.290. The van der Waals surface area contributed by atoms with Gasteiger partial charge in [-0.3, -0.25) is 0 Å². The van der Waals surface area contributed by atoms with Crippen LogP contribution in [0.3, 0.4) is 0 Å². The van der Waals surface area contributed by atoms with Crippen LogP contribution in [0.1, 0.15) is 17.4 Å². The molecule has 56 valence electrons. The first kappa shape index (κ1) is 7.76. The highest BCUT2D eigenvalue weighted by Gasteiger charge is 1.98. The predicted molar refractivity (Wildman–Crippen MR) is 46.4 cm³/mol. The highest BCUT2D eigenvalue weighted by Crippen LogP contribution is 2.14. The SMILES string of the molecule is Cc1csc(CC(C)N)c1. The van der Waals surface area contributed by atoms with Gasteiger partial charge in [-0.05, 0) is 37.3 Å². The first-order valence-corrected chi connectivity index (χ1v) is 4.36. The van der Waals surface area contributed by atoms with Crippen LogP contribution in [0.2, 0.25) is 0 Å². The van der Waals surface area contributed by atoms with Gasteiger partial charge in [0.25, 0.3) is 0 Å². The van der Waals surface area contributed by atoms with Gasteiger partial charge in [0.2, 0.25) is 0 Å². The number of hydrogen-bond acceptors (Lipinski definition) is 2. The summed E-state index contributed by atoms with van der Waals surface area (Å²) in [4.78, 5) is 1.40. The van der Waals surface area contributed by atoms with Crippen LogP contribution < -0.4 is 5.73 Å². The number of nitrogens with two attached hydrogens (primary N) is 1. The molecule has 1 rings (SSSR count). The van der Waals surface area contributed by atoms with Crippen LogP contribution in [0.25, 0.3) is 0 Å². The molecule has 0 amide bonds. The van der Waals surface area contributed by atoms with Crippen LogP contribution in [0.5, 0.6) is 0 Å². The second-order valence-corrected chi connectivity index (χ2v) is 3.77. The minimum absolute atomic E-state index is 0.290. The third kappa shape index (κ3) is 2.12. The molecule has 0 saturated carbocycles. The van der Waals surface area contributed by atoms with Gasteiger partial charge in [-0.2, -0.15) is 0 Å². The lowest BCUT2D eigenvalue weighted by atomic mass is 10.2. The van der Waals surface area contributed by atoms with Crippen molar-refractivity contribution in [3.8, 4) is 0 Å². The second-order valence-electron chi connectivity index (χ2n) is 2.77. The topological polar surface area (TPSA) is 26.0 Å². The van der Waals surface area contributed by atoms with E-state index in [4.69, 9.17) is 5.73 Å². The maximum Gasteiger partial charge on any atom is 0.00632 e. The van der Waals surface area contributed by atoms with Crippen molar-refractivity contribution < 1.29 is 0 Å². The fourth-order valence-electron chi connectivity index (χ4n) is 0.915. The van der Waals surface area contributed by atoms with Crippen molar-refractivity contribution in [2.75, 3.05) is 0 Å². The van der Waals surface area contributed by atoms with Crippen LogP contribution in [0.4, 0.5) is 0 Å². The Kier molecular flexibility index (Phi) is 2.46. The standard InChI is InChI=1S/C8H13NS/c1-6-3-8(10-5-6)4-7(2)9/h3,5,7H,4,9H2,1-2H3. The zero-order valence-corrected chi connectivity index (χ0v) is 7.24. The van der Waals surface area contributed by atoms with E-state index in [0.717, 1.165) is 6.42 Å². The molecule has 0 saturated heterocycles. The summed E-state index contributed by atoms with van der Waals surface area (Å²) in [7, 11) is 0. The first-order valence-electron chi connectivity index (χ1n) is 3.48. The number of aryl methyl sites for hydroxylation is 1. The summed E-state index contributed by atoms with van der Waals surface area (Å²) in [6.45, 7) is 4.15. The smallest absolute Gasteiger partial charge is 0.00632 e. The van der Waals surface area contributed by atoms with Crippen molar-refractivity contribution >= 4 is 11.3 Å². The molecule has 1 aromatic heterocycles. The fraction of sp³-hybridized carbons (Fsp3) is 0.500. The second kappa shape index (κ2) is 3.17. The van der Waals surface area contributed by atoms with Gasteiger partial charge in [-0.15, -0.1) is 11.3 Å². The molecule has 0 aromatic carbocycles. The Morgan fingerprint density at radius 1 is 1.70 bits per heavy atom. The van der Waals surface area contributed by atoms with E-state index in [1.54, 1.807) is 11.3 Å². The lowest BCUT2D eigenvalue weighted by Crippen LogP contribution is -2.16. The van der Waals surface area contributed by atoms with E-state index < -0.39 is 0 Å². The van der Waals surface area contributed by atoms with Gasteiger partial charge in [0, 0.05) is 10.9 Å². The summed E-state index contributed by atoms with van der Waals surface area (Å²) < 4.78 is 0. The monoisotopic (exact) mass is 155 g/mol. The van der Waals surface area contributed by atoms with Crippen LogP contribution in [0.15, 0.2) is 11.4 Å². The molecule has 10 heavy (non-hydrogen) atoms. The number of thiophene rings is 1. The molecule has 0 aliphatic rings. The van der Waals surface area contributed by atoms with Crippen molar-refractivity contribution in [3.63, 3.8) is 0 Å². The molecule has 0 bridgehead atoms. The zero-order valence-electron chi connectivity index (χ0n) is 6.42. The summed E-state index contributed by atoms with van der Waals surface area (Å²) in [6.07, 6.45) is 1.01. The fourth-order valence-corrected chi connectivity index (χ4v) is 1.93. The van der Waals surface area contributed by atoms with E-state index in [2.05, 4.69) is 18.4 Å². The summed E-state index contributed by atoms with van der Waals surface area (Å²) in [6, 6.07) is 2.49. The highest BCUT2D eigenvalue weighted by atomic mass is 32.1.